The summed E-state index contributed by atoms with van der Waals surface area (Å²) in [5, 5.41) is 2.69. The molecule has 1 aliphatic heterocycles. The Bertz CT molecular complexity index is 236. The molecule has 0 atom stereocenters. The number of urea groups is 1. The molecule has 0 saturated carbocycles. The maximum absolute atomic E-state index is 11.5. The SMILES string of the molecule is NCCNC(=O)N1CCC(C(N)=O)CC1. The number of likely N-dealkylation sites (tertiary alicyclic amines) is 1. The topological polar surface area (TPSA) is 101 Å². The van der Waals surface area contributed by atoms with Crippen LogP contribution in [0.5, 0.6) is 0 Å². The average Bonchev–Trinajstić information content (AvgIpc) is 2.26. The molecule has 0 radical (unpaired) electrons. The highest BCUT2D eigenvalue weighted by Gasteiger charge is 2.25. The number of piperidine rings is 1. The van der Waals surface area contributed by atoms with Crippen molar-refractivity contribution in [3.63, 3.8) is 0 Å². The predicted molar refractivity (Wildman–Crippen MR) is 55.9 cm³/mol. The Morgan fingerprint density at radius 3 is 2.40 bits per heavy atom. The van der Waals surface area contributed by atoms with Crippen LogP contribution in [0.25, 0.3) is 0 Å². The Morgan fingerprint density at radius 1 is 1.33 bits per heavy atom. The van der Waals surface area contributed by atoms with Crippen LogP contribution >= 0.6 is 0 Å². The molecule has 1 fully saturated rings. The van der Waals surface area contributed by atoms with Gasteiger partial charge in [-0.1, -0.05) is 0 Å². The van der Waals surface area contributed by atoms with Crippen molar-refractivity contribution in [1.29, 1.82) is 0 Å². The van der Waals surface area contributed by atoms with Gasteiger partial charge >= 0.3 is 6.03 Å². The van der Waals surface area contributed by atoms with Crippen LogP contribution in [0.4, 0.5) is 4.79 Å². The Labute approximate surface area is 89.0 Å². The average molecular weight is 214 g/mol. The second-order valence-electron chi connectivity index (χ2n) is 3.68. The van der Waals surface area contributed by atoms with E-state index in [4.69, 9.17) is 11.5 Å². The molecule has 86 valence electrons. The van der Waals surface area contributed by atoms with Gasteiger partial charge in [0.2, 0.25) is 5.91 Å². The Hall–Kier alpha value is -1.30. The van der Waals surface area contributed by atoms with E-state index in [1.54, 1.807) is 4.90 Å². The lowest BCUT2D eigenvalue weighted by atomic mass is 9.96. The largest absolute Gasteiger partial charge is 0.369 e. The lowest BCUT2D eigenvalue weighted by Gasteiger charge is -2.30. The van der Waals surface area contributed by atoms with Crippen LogP contribution in [0.3, 0.4) is 0 Å². The highest BCUT2D eigenvalue weighted by atomic mass is 16.2. The molecule has 0 spiro atoms. The molecule has 1 heterocycles. The summed E-state index contributed by atoms with van der Waals surface area (Å²) in [6.45, 7) is 2.09. The molecule has 1 rings (SSSR count). The summed E-state index contributed by atoms with van der Waals surface area (Å²) in [6.07, 6.45) is 1.32. The summed E-state index contributed by atoms with van der Waals surface area (Å²) in [6, 6.07) is -0.108. The van der Waals surface area contributed by atoms with E-state index in [0.29, 0.717) is 39.0 Å². The van der Waals surface area contributed by atoms with E-state index in [1.165, 1.54) is 0 Å². The second kappa shape index (κ2) is 5.55. The molecule has 3 amide bonds. The zero-order valence-corrected chi connectivity index (χ0v) is 8.74. The smallest absolute Gasteiger partial charge is 0.317 e. The van der Waals surface area contributed by atoms with Crippen molar-refractivity contribution in [3.8, 4) is 0 Å². The lowest BCUT2D eigenvalue weighted by molar-refractivity contribution is -0.122. The molecule has 0 aromatic carbocycles. The number of carbonyl (C=O) groups is 2. The minimum Gasteiger partial charge on any atom is -0.369 e. The fraction of sp³-hybridized carbons (Fsp3) is 0.778. The van der Waals surface area contributed by atoms with Gasteiger partial charge in [0.25, 0.3) is 0 Å². The first-order valence-corrected chi connectivity index (χ1v) is 5.17. The van der Waals surface area contributed by atoms with Crippen molar-refractivity contribution >= 4 is 11.9 Å². The minimum atomic E-state index is -0.267. The molecular formula is C9H18N4O2. The third kappa shape index (κ3) is 3.39. The van der Waals surface area contributed by atoms with E-state index in [9.17, 15) is 9.59 Å². The lowest BCUT2D eigenvalue weighted by Crippen LogP contribution is -2.47. The summed E-state index contributed by atoms with van der Waals surface area (Å²) in [5.41, 5.74) is 10.5. The molecule has 0 aromatic rings. The van der Waals surface area contributed by atoms with Crippen molar-refractivity contribution in [2.75, 3.05) is 26.2 Å². The minimum absolute atomic E-state index is 0.0800. The number of nitrogens with zero attached hydrogens (tertiary/aromatic N) is 1. The van der Waals surface area contributed by atoms with E-state index in [1.807, 2.05) is 0 Å². The first-order valence-electron chi connectivity index (χ1n) is 5.17. The molecule has 6 heteroatoms. The predicted octanol–water partition coefficient (Wildman–Crippen LogP) is -1.15. The van der Waals surface area contributed by atoms with E-state index in [2.05, 4.69) is 5.32 Å². The van der Waals surface area contributed by atoms with Crippen molar-refractivity contribution in [2.45, 2.75) is 12.8 Å². The van der Waals surface area contributed by atoms with Crippen LogP contribution in [-0.2, 0) is 4.79 Å². The van der Waals surface area contributed by atoms with Gasteiger partial charge in [-0.2, -0.15) is 0 Å². The Morgan fingerprint density at radius 2 is 1.93 bits per heavy atom. The number of primary amides is 1. The van der Waals surface area contributed by atoms with Gasteiger partial charge in [0.15, 0.2) is 0 Å². The standard InChI is InChI=1S/C9H18N4O2/c10-3-4-12-9(15)13-5-1-7(2-6-13)8(11)14/h7H,1-6,10H2,(H2,11,14)(H,12,15). The molecule has 0 bridgehead atoms. The summed E-state index contributed by atoms with van der Waals surface area (Å²) >= 11 is 0. The van der Waals surface area contributed by atoms with Gasteiger partial charge in [-0.25, -0.2) is 4.79 Å². The highest BCUT2D eigenvalue weighted by Crippen LogP contribution is 2.16. The van der Waals surface area contributed by atoms with Gasteiger partial charge in [-0.15, -0.1) is 0 Å². The number of nitrogens with one attached hydrogen (secondary N) is 1. The maximum atomic E-state index is 11.5. The molecule has 0 aromatic heterocycles. The number of nitrogens with two attached hydrogens (primary N) is 2. The van der Waals surface area contributed by atoms with E-state index >= 15 is 0 Å². The zero-order valence-electron chi connectivity index (χ0n) is 8.74. The van der Waals surface area contributed by atoms with Gasteiger partial charge in [-0.05, 0) is 12.8 Å². The molecule has 5 N–H and O–H groups in total. The molecule has 1 aliphatic rings. The van der Waals surface area contributed by atoms with Crippen molar-refractivity contribution in [2.24, 2.45) is 17.4 Å². The van der Waals surface area contributed by atoms with Crippen LogP contribution in [0.15, 0.2) is 0 Å². The van der Waals surface area contributed by atoms with Crippen LogP contribution in [0, 0.1) is 5.92 Å². The quantitative estimate of drug-likeness (QED) is 0.553. The first-order chi connectivity index (χ1) is 7.15. The van der Waals surface area contributed by atoms with E-state index < -0.39 is 0 Å². The Balaban J connectivity index is 2.30. The van der Waals surface area contributed by atoms with Gasteiger partial charge < -0.3 is 21.7 Å². The molecule has 15 heavy (non-hydrogen) atoms. The summed E-state index contributed by atoms with van der Waals surface area (Å²) in [7, 11) is 0. The van der Waals surface area contributed by atoms with E-state index in [0.717, 1.165) is 0 Å². The van der Waals surface area contributed by atoms with Crippen LogP contribution in [0.2, 0.25) is 0 Å². The van der Waals surface area contributed by atoms with Gasteiger partial charge in [0, 0.05) is 32.1 Å². The number of rotatable bonds is 3. The maximum Gasteiger partial charge on any atom is 0.317 e. The molecule has 6 nitrogen and oxygen atoms in total. The molecule has 0 aliphatic carbocycles. The summed E-state index contributed by atoms with van der Waals surface area (Å²) < 4.78 is 0. The number of carbonyl (C=O) groups excluding carboxylic acids is 2. The molecule has 1 saturated heterocycles. The van der Waals surface area contributed by atoms with Crippen LogP contribution in [0.1, 0.15) is 12.8 Å². The van der Waals surface area contributed by atoms with Gasteiger partial charge in [-0.3, -0.25) is 4.79 Å². The van der Waals surface area contributed by atoms with Crippen molar-refractivity contribution in [3.05, 3.63) is 0 Å². The first kappa shape index (κ1) is 11.8. The highest BCUT2D eigenvalue weighted by molar-refractivity contribution is 5.78. The monoisotopic (exact) mass is 214 g/mol. The third-order valence-electron chi connectivity index (χ3n) is 2.61. The number of hydrogen-bond acceptors (Lipinski definition) is 3. The number of amides is 3. The van der Waals surface area contributed by atoms with Crippen molar-refractivity contribution < 1.29 is 9.59 Å². The second-order valence-corrected chi connectivity index (χ2v) is 3.68. The fourth-order valence-electron chi connectivity index (χ4n) is 1.66. The molecular weight excluding hydrogens is 196 g/mol. The van der Waals surface area contributed by atoms with Gasteiger partial charge in [0.05, 0.1) is 0 Å². The van der Waals surface area contributed by atoms with Gasteiger partial charge in [0.1, 0.15) is 0 Å². The van der Waals surface area contributed by atoms with Crippen LogP contribution < -0.4 is 16.8 Å². The number of hydrogen-bond donors (Lipinski definition) is 3. The zero-order chi connectivity index (χ0) is 11.3. The Kier molecular flexibility index (Phi) is 4.36. The van der Waals surface area contributed by atoms with E-state index in [-0.39, 0.29) is 17.9 Å². The normalized spacial score (nSPS) is 17.5. The molecule has 0 unspecified atom stereocenters. The summed E-state index contributed by atoms with van der Waals surface area (Å²) in [4.78, 5) is 24.1. The van der Waals surface area contributed by atoms with Crippen LogP contribution in [-0.4, -0.2) is 43.0 Å². The summed E-state index contributed by atoms with van der Waals surface area (Å²) in [5.74, 6) is -0.347. The fourth-order valence-corrected chi connectivity index (χ4v) is 1.66. The van der Waals surface area contributed by atoms with Crippen molar-refractivity contribution in [1.82, 2.24) is 10.2 Å². The third-order valence-corrected chi connectivity index (χ3v) is 2.61.